The summed E-state index contributed by atoms with van der Waals surface area (Å²) in [6.45, 7) is 6.22. The molecule has 0 saturated carbocycles. The zero-order valence-corrected chi connectivity index (χ0v) is 8.30. The Morgan fingerprint density at radius 2 is 2.54 bits per heavy atom. The van der Waals surface area contributed by atoms with Crippen LogP contribution in [-0.4, -0.2) is 37.7 Å². The summed E-state index contributed by atoms with van der Waals surface area (Å²) < 4.78 is 5.55. The van der Waals surface area contributed by atoms with Gasteiger partial charge < -0.3 is 15.4 Å². The molecule has 0 spiro atoms. The van der Waals surface area contributed by atoms with Gasteiger partial charge in [0, 0.05) is 13.1 Å². The fourth-order valence-corrected chi connectivity index (χ4v) is 1.41. The Kier molecular flexibility index (Phi) is 4.18. The topological polar surface area (TPSA) is 50.4 Å². The smallest absolute Gasteiger partial charge is 0.248 e. The van der Waals surface area contributed by atoms with Crippen molar-refractivity contribution in [1.29, 1.82) is 0 Å². The maximum absolute atomic E-state index is 11.3. The maximum atomic E-state index is 11.3. The number of hydrogen-bond donors (Lipinski definition) is 2. The second-order valence-electron chi connectivity index (χ2n) is 3.29. The summed E-state index contributed by atoms with van der Waals surface area (Å²) in [5, 5.41) is 5.93. The van der Waals surface area contributed by atoms with Crippen LogP contribution in [-0.2, 0) is 9.53 Å². The van der Waals surface area contributed by atoms with Crippen LogP contribution in [0, 0.1) is 0 Å². The summed E-state index contributed by atoms with van der Waals surface area (Å²) in [7, 11) is 0. The first-order valence-electron chi connectivity index (χ1n) is 4.88. The average Bonchev–Trinajstić information content (AvgIpc) is 2.57. The predicted octanol–water partition coefficient (Wildman–Crippen LogP) is -0.110. The molecule has 0 aromatic heterocycles. The molecule has 1 saturated heterocycles. The molecule has 0 aliphatic carbocycles. The van der Waals surface area contributed by atoms with Gasteiger partial charge in [-0.05, 0) is 26.8 Å². The zero-order valence-electron chi connectivity index (χ0n) is 8.30. The van der Waals surface area contributed by atoms with Gasteiger partial charge in [-0.1, -0.05) is 0 Å². The molecule has 0 radical (unpaired) electrons. The normalized spacial score (nSPS) is 24.3. The number of carbonyl (C=O) groups is 1. The molecular formula is C9H18N2O2. The molecule has 4 heteroatoms. The molecule has 1 heterocycles. The number of rotatable bonds is 4. The summed E-state index contributed by atoms with van der Waals surface area (Å²) in [6, 6.07) is 0. The van der Waals surface area contributed by atoms with Crippen molar-refractivity contribution in [1.82, 2.24) is 10.6 Å². The molecule has 0 bridgehead atoms. The van der Waals surface area contributed by atoms with Crippen LogP contribution in [0.1, 0.15) is 20.3 Å². The minimum Gasteiger partial charge on any atom is -0.364 e. The highest BCUT2D eigenvalue weighted by Gasteiger charge is 2.21. The largest absolute Gasteiger partial charge is 0.364 e. The van der Waals surface area contributed by atoms with Crippen LogP contribution in [0.4, 0.5) is 0 Å². The van der Waals surface area contributed by atoms with E-state index in [-0.39, 0.29) is 18.1 Å². The average molecular weight is 186 g/mol. The van der Waals surface area contributed by atoms with Crippen LogP contribution in [0.3, 0.4) is 0 Å². The molecule has 1 aliphatic heterocycles. The van der Waals surface area contributed by atoms with Gasteiger partial charge in [0.2, 0.25) is 5.91 Å². The molecule has 2 atom stereocenters. The highest BCUT2D eigenvalue weighted by atomic mass is 16.5. The van der Waals surface area contributed by atoms with E-state index < -0.39 is 0 Å². The number of amides is 1. The van der Waals surface area contributed by atoms with Crippen molar-refractivity contribution in [2.24, 2.45) is 0 Å². The first kappa shape index (κ1) is 10.5. The molecule has 1 amide bonds. The highest BCUT2D eigenvalue weighted by molar-refractivity contribution is 5.80. The zero-order chi connectivity index (χ0) is 9.68. The summed E-state index contributed by atoms with van der Waals surface area (Å²) in [5.74, 6) is -0.0191. The fourth-order valence-electron chi connectivity index (χ4n) is 1.41. The van der Waals surface area contributed by atoms with Crippen LogP contribution in [0.25, 0.3) is 0 Å². The lowest BCUT2D eigenvalue weighted by molar-refractivity contribution is -0.134. The van der Waals surface area contributed by atoms with E-state index in [2.05, 4.69) is 10.6 Å². The minimum absolute atomic E-state index is 0.0191. The van der Waals surface area contributed by atoms with Gasteiger partial charge in [0.25, 0.3) is 0 Å². The first-order chi connectivity index (χ1) is 6.24. The molecule has 1 rings (SSSR count). The van der Waals surface area contributed by atoms with Crippen molar-refractivity contribution >= 4 is 5.91 Å². The van der Waals surface area contributed by atoms with E-state index in [1.165, 1.54) is 0 Å². The first-order valence-corrected chi connectivity index (χ1v) is 4.88. The van der Waals surface area contributed by atoms with Crippen molar-refractivity contribution in [3.05, 3.63) is 0 Å². The SMILES string of the molecule is CCNC(=O)C(C)OC1CCNC1. The van der Waals surface area contributed by atoms with Crippen molar-refractivity contribution in [3.8, 4) is 0 Å². The van der Waals surface area contributed by atoms with Gasteiger partial charge in [0.15, 0.2) is 0 Å². The minimum atomic E-state index is -0.329. The molecule has 4 nitrogen and oxygen atoms in total. The van der Waals surface area contributed by atoms with Gasteiger partial charge in [-0.2, -0.15) is 0 Å². The Bertz CT molecular complexity index is 167. The number of carbonyl (C=O) groups excluding carboxylic acids is 1. The van der Waals surface area contributed by atoms with E-state index in [4.69, 9.17) is 4.74 Å². The number of hydrogen-bond acceptors (Lipinski definition) is 3. The number of ether oxygens (including phenoxy) is 1. The van der Waals surface area contributed by atoms with Crippen molar-refractivity contribution in [3.63, 3.8) is 0 Å². The molecular weight excluding hydrogens is 168 g/mol. The summed E-state index contributed by atoms with van der Waals surface area (Å²) >= 11 is 0. The standard InChI is InChI=1S/C9H18N2O2/c1-3-11-9(12)7(2)13-8-4-5-10-6-8/h7-8,10H,3-6H2,1-2H3,(H,11,12). The van der Waals surface area contributed by atoms with E-state index in [0.29, 0.717) is 6.54 Å². The molecule has 1 fully saturated rings. The quantitative estimate of drug-likeness (QED) is 0.644. The molecule has 76 valence electrons. The lowest BCUT2D eigenvalue weighted by atomic mass is 10.3. The molecule has 0 aromatic carbocycles. The number of likely N-dealkylation sites (N-methyl/N-ethyl adjacent to an activating group) is 1. The van der Waals surface area contributed by atoms with Gasteiger partial charge in [-0.15, -0.1) is 0 Å². The predicted molar refractivity (Wildman–Crippen MR) is 50.5 cm³/mol. The Morgan fingerprint density at radius 3 is 3.08 bits per heavy atom. The molecule has 2 unspecified atom stereocenters. The Hall–Kier alpha value is -0.610. The van der Waals surface area contributed by atoms with Crippen LogP contribution in [0.2, 0.25) is 0 Å². The lowest BCUT2D eigenvalue weighted by Gasteiger charge is -2.16. The molecule has 13 heavy (non-hydrogen) atoms. The van der Waals surface area contributed by atoms with Gasteiger partial charge in [0.05, 0.1) is 6.10 Å². The van der Waals surface area contributed by atoms with Crippen LogP contribution >= 0.6 is 0 Å². The van der Waals surface area contributed by atoms with Crippen molar-refractivity contribution in [2.75, 3.05) is 19.6 Å². The summed E-state index contributed by atoms with van der Waals surface area (Å²) in [6.07, 6.45) is 0.881. The molecule has 0 aromatic rings. The Balaban J connectivity index is 2.22. The van der Waals surface area contributed by atoms with Gasteiger partial charge in [-0.3, -0.25) is 4.79 Å². The highest BCUT2D eigenvalue weighted by Crippen LogP contribution is 2.06. The van der Waals surface area contributed by atoms with E-state index >= 15 is 0 Å². The van der Waals surface area contributed by atoms with Gasteiger partial charge in [0.1, 0.15) is 6.10 Å². The van der Waals surface area contributed by atoms with Gasteiger partial charge in [-0.25, -0.2) is 0 Å². The van der Waals surface area contributed by atoms with Gasteiger partial charge >= 0.3 is 0 Å². The second kappa shape index (κ2) is 5.19. The Labute approximate surface area is 79.0 Å². The van der Waals surface area contributed by atoms with Crippen LogP contribution < -0.4 is 10.6 Å². The molecule has 1 aliphatic rings. The van der Waals surface area contributed by atoms with Crippen LogP contribution in [0.5, 0.6) is 0 Å². The summed E-state index contributed by atoms with van der Waals surface area (Å²) in [5.41, 5.74) is 0. The third kappa shape index (κ3) is 3.32. The second-order valence-corrected chi connectivity index (χ2v) is 3.29. The van der Waals surface area contributed by atoms with Crippen molar-refractivity contribution < 1.29 is 9.53 Å². The van der Waals surface area contributed by atoms with E-state index in [1.807, 2.05) is 6.92 Å². The fraction of sp³-hybridized carbons (Fsp3) is 0.889. The number of nitrogens with one attached hydrogen (secondary N) is 2. The monoisotopic (exact) mass is 186 g/mol. The third-order valence-corrected chi connectivity index (χ3v) is 2.13. The van der Waals surface area contributed by atoms with E-state index in [0.717, 1.165) is 19.5 Å². The van der Waals surface area contributed by atoms with E-state index in [1.54, 1.807) is 6.92 Å². The Morgan fingerprint density at radius 1 is 1.77 bits per heavy atom. The summed E-state index contributed by atoms with van der Waals surface area (Å²) in [4.78, 5) is 11.3. The molecule has 2 N–H and O–H groups in total. The van der Waals surface area contributed by atoms with E-state index in [9.17, 15) is 4.79 Å². The van der Waals surface area contributed by atoms with Crippen molar-refractivity contribution in [2.45, 2.75) is 32.5 Å². The van der Waals surface area contributed by atoms with Crippen LogP contribution in [0.15, 0.2) is 0 Å². The maximum Gasteiger partial charge on any atom is 0.248 e. The lowest BCUT2D eigenvalue weighted by Crippen LogP contribution is -2.37. The third-order valence-electron chi connectivity index (χ3n) is 2.13.